The Hall–Kier alpha value is -1.75. The maximum atomic E-state index is 14.1. The molecular weight excluding hydrogens is 260 g/mol. The Kier molecular flexibility index (Phi) is 3.53. The van der Waals surface area contributed by atoms with Crippen molar-refractivity contribution in [1.29, 1.82) is 0 Å². The maximum Gasteiger partial charge on any atom is 0.150 e. The lowest BCUT2D eigenvalue weighted by molar-refractivity contribution is 0.570. The molecule has 5 heteroatoms. The molecule has 1 aliphatic heterocycles. The van der Waals surface area contributed by atoms with Crippen molar-refractivity contribution in [3.05, 3.63) is 47.0 Å². The fourth-order valence-corrected chi connectivity index (χ4v) is 2.70. The van der Waals surface area contributed by atoms with Gasteiger partial charge in [-0.1, -0.05) is 6.92 Å². The second-order valence-corrected chi connectivity index (χ2v) is 5.03. The van der Waals surface area contributed by atoms with Crippen molar-refractivity contribution in [2.45, 2.75) is 32.7 Å². The van der Waals surface area contributed by atoms with Crippen LogP contribution in [0.3, 0.4) is 0 Å². The summed E-state index contributed by atoms with van der Waals surface area (Å²) in [6, 6.07) is 3.72. The van der Waals surface area contributed by atoms with Gasteiger partial charge in [0.05, 0.1) is 11.4 Å². The minimum Gasteiger partial charge on any atom is -0.311 e. The number of nitrogens with zero attached hydrogens (tertiary/aromatic N) is 2. The van der Waals surface area contributed by atoms with Crippen LogP contribution in [0, 0.1) is 11.6 Å². The number of rotatable bonds is 3. The summed E-state index contributed by atoms with van der Waals surface area (Å²) in [5, 5.41) is 3.27. The molecule has 0 fully saturated rings. The van der Waals surface area contributed by atoms with E-state index in [0.717, 1.165) is 49.1 Å². The molecule has 2 heterocycles. The quantitative estimate of drug-likeness (QED) is 0.935. The molecule has 0 radical (unpaired) electrons. The van der Waals surface area contributed by atoms with Crippen LogP contribution in [0.2, 0.25) is 0 Å². The van der Waals surface area contributed by atoms with Crippen molar-refractivity contribution in [3.63, 3.8) is 0 Å². The van der Waals surface area contributed by atoms with Crippen molar-refractivity contribution in [2.75, 3.05) is 6.54 Å². The van der Waals surface area contributed by atoms with E-state index >= 15 is 0 Å². The lowest BCUT2D eigenvalue weighted by atomic mass is 10.1. The Labute approximate surface area is 116 Å². The Morgan fingerprint density at radius 2 is 2.20 bits per heavy atom. The predicted molar refractivity (Wildman–Crippen MR) is 72.9 cm³/mol. The molecule has 0 saturated heterocycles. The summed E-state index contributed by atoms with van der Waals surface area (Å²) in [4.78, 5) is 4.62. The van der Waals surface area contributed by atoms with E-state index in [1.54, 1.807) is 0 Å². The van der Waals surface area contributed by atoms with Crippen molar-refractivity contribution >= 4 is 0 Å². The van der Waals surface area contributed by atoms with Crippen LogP contribution in [0.15, 0.2) is 18.2 Å². The standard InChI is InChI=1S/C15H17F2N3/c1-2-3-15-19-12-9-18-7-6-14(12)20(15)13-5-4-10(16)8-11(13)17/h4-5,8,18H,2-3,6-7,9H2,1H3. The first-order valence-corrected chi connectivity index (χ1v) is 6.96. The maximum absolute atomic E-state index is 14.1. The zero-order chi connectivity index (χ0) is 14.1. The zero-order valence-electron chi connectivity index (χ0n) is 11.4. The molecule has 0 bridgehead atoms. The molecule has 0 spiro atoms. The van der Waals surface area contributed by atoms with Crippen molar-refractivity contribution in [1.82, 2.24) is 14.9 Å². The minimum atomic E-state index is -0.557. The average molecular weight is 277 g/mol. The van der Waals surface area contributed by atoms with Gasteiger partial charge in [0, 0.05) is 37.7 Å². The molecule has 0 aliphatic carbocycles. The van der Waals surface area contributed by atoms with Crippen LogP contribution in [-0.4, -0.2) is 16.1 Å². The van der Waals surface area contributed by atoms with Gasteiger partial charge in [-0.3, -0.25) is 4.57 Å². The van der Waals surface area contributed by atoms with Crippen LogP contribution in [-0.2, 0) is 19.4 Å². The number of benzene rings is 1. The van der Waals surface area contributed by atoms with Crippen LogP contribution < -0.4 is 5.32 Å². The highest BCUT2D eigenvalue weighted by atomic mass is 19.1. The SMILES string of the molecule is CCCc1nc2c(n1-c1ccc(F)cc1F)CCNC2. The van der Waals surface area contributed by atoms with Gasteiger partial charge < -0.3 is 5.32 Å². The largest absolute Gasteiger partial charge is 0.311 e. The Morgan fingerprint density at radius 1 is 1.35 bits per heavy atom. The van der Waals surface area contributed by atoms with E-state index in [1.165, 1.54) is 12.1 Å². The summed E-state index contributed by atoms with van der Waals surface area (Å²) in [5.74, 6) is -0.244. The number of hydrogen-bond donors (Lipinski definition) is 1. The van der Waals surface area contributed by atoms with E-state index in [-0.39, 0.29) is 0 Å². The molecule has 1 N–H and O–H groups in total. The number of hydrogen-bond acceptors (Lipinski definition) is 2. The monoisotopic (exact) mass is 277 g/mol. The summed E-state index contributed by atoms with van der Waals surface area (Å²) in [5.41, 5.74) is 2.41. The Bertz CT molecular complexity index is 634. The summed E-state index contributed by atoms with van der Waals surface area (Å²) in [6.07, 6.45) is 2.53. The van der Waals surface area contributed by atoms with Gasteiger partial charge in [0.15, 0.2) is 0 Å². The Morgan fingerprint density at radius 3 is 2.95 bits per heavy atom. The fraction of sp³-hybridized carbons (Fsp3) is 0.400. The lowest BCUT2D eigenvalue weighted by Crippen LogP contribution is -2.25. The van der Waals surface area contributed by atoms with Crippen LogP contribution in [0.4, 0.5) is 8.78 Å². The molecular formula is C15H17F2N3. The first-order chi connectivity index (χ1) is 9.70. The van der Waals surface area contributed by atoms with E-state index in [2.05, 4.69) is 17.2 Å². The van der Waals surface area contributed by atoms with Gasteiger partial charge >= 0.3 is 0 Å². The summed E-state index contributed by atoms with van der Waals surface area (Å²) >= 11 is 0. The third kappa shape index (κ3) is 2.22. The average Bonchev–Trinajstić information content (AvgIpc) is 2.78. The van der Waals surface area contributed by atoms with Gasteiger partial charge in [-0.15, -0.1) is 0 Å². The molecule has 0 amide bonds. The van der Waals surface area contributed by atoms with Gasteiger partial charge in [0.1, 0.15) is 17.5 Å². The summed E-state index contributed by atoms with van der Waals surface area (Å²) in [7, 11) is 0. The summed E-state index contributed by atoms with van der Waals surface area (Å²) in [6.45, 7) is 3.63. The van der Waals surface area contributed by atoms with E-state index in [9.17, 15) is 8.78 Å². The molecule has 0 saturated carbocycles. The van der Waals surface area contributed by atoms with Crippen LogP contribution in [0.5, 0.6) is 0 Å². The van der Waals surface area contributed by atoms with Crippen molar-refractivity contribution in [3.8, 4) is 5.69 Å². The molecule has 3 nitrogen and oxygen atoms in total. The highest BCUT2D eigenvalue weighted by Gasteiger charge is 2.22. The molecule has 20 heavy (non-hydrogen) atoms. The van der Waals surface area contributed by atoms with E-state index in [0.29, 0.717) is 12.2 Å². The molecule has 1 aromatic heterocycles. The second-order valence-electron chi connectivity index (χ2n) is 5.03. The number of nitrogens with one attached hydrogen (secondary N) is 1. The first kappa shape index (κ1) is 13.2. The van der Waals surface area contributed by atoms with Crippen molar-refractivity contribution in [2.24, 2.45) is 0 Å². The number of aryl methyl sites for hydroxylation is 1. The van der Waals surface area contributed by atoms with Gasteiger partial charge in [0.25, 0.3) is 0 Å². The van der Waals surface area contributed by atoms with E-state index in [1.807, 2.05) is 4.57 Å². The molecule has 3 rings (SSSR count). The molecule has 0 unspecified atom stereocenters. The van der Waals surface area contributed by atoms with Crippen LogP contribution in [0.1, 0.15) is 30.6 Å². The van der Waals surface area contributed by atoms with Crippen LogP contribution in [0.25, 0.3) is 5.69 Å². The molecule has 0 atom stereocenters. The second kappa shape index (κ2) is 5.32. The van der Waals surface area contributed by atoms with E-state index in [4.69, 9.17) is 0 Å². The predicted octanol–water partition coefficient (Wildman–Crippen LogP) is 2.75. The van der Waals surface area contributed by atoms with Crippen LogP contribution >= 0.6 is 0 Å². The third-order valence-corrected chi connectivity index (χ3v) is 3.58. The number of fused-ring (bicyclic) bond motifs is 1. The minimum absolute atomic E-state index is 0.394. The summed E-state index contributed by atoms with van der Waals surface area (Å²) < 4.78 is 29.1. The van der Waals surface area contributed by atoms with Gasteiger partial charge in [-0.2, -0.15) is 0 Å². The van der Waals surface area contributed by atoms with Gasteiger partial charge in [-0.25, -0.2) is 13.8 Å². The fourth-order valence-electron chi connectivity index (χ4n) is 2.70. The molecule has 1 aromatic carbocycles. The van der Waals surface area contributed by atoms with Gasteiger partial charge in [-0.05, 0) is 18.6 Å². The van der Waals surface area contributed by atoms with Gasteiger partial charge in [0.2, 0.25) is 0 Å². The lowest BCUT2D eigenvalue weighted by Gasteiger charge is -2.16. The third-order valence-electron chi connectivity index (χ3n) is 3.58. The highest BCUT2D eigenvalue weighted by Crippen LogP contribution is 2.24. The highest BCUT2D eigenvalue weighted by molar-refractivity contribution is 5.40. The topological polar surface area (TPSA) is 29.9 Å². The molecule has 1 aliphatic rings. The normalized spacial score (nSPS) is 14.3. The Balaban J connectivity index is 2.17. The molecule has 2 aromatic rings. The number of imidazole rings is 1. The van der Waals surface area contributed by atoms with Crippen molar-refractivity contribution < 1.29 is 8.78 Å². The molecule has 106 valence electrons. The van der Waals surface area contributed by atoms with E-state index < -0.39 is 11.6 Å². The zero-order valence-corrected chi connectivity index (χ0v) is 11.4. The number of aromatic nitrogens is 2. The number of halogens is 2. The first-order valence-electron chi connectivity index (χ1n) is 6.96. The smallest absolute Gasteiger partial charge is 0.150 e.